The number of nitrogens with zero attached hydrogens (tertiary/aromatic N) is 1. The van der Waals surface area contributed by atoms with E-state index in [2.05, 4.69) is 53.5 Å². The zero-order valence-electron chi connectivity index (χ0n) is 9.86. The highest BCUT2D eigenvalue weighted by molar-refractivity contribution is 9.11. The number of hydrogen-bond acceptors (Lipinski definition) is 1. The topological polar surface area (TPSA) is 20.7 Å². The second-order valence-electron chi connectivity index (χ2n) is 4.27. The van der Waals surface area contributed by atoms with Gasteiger partial charge in [0, 0.05) is 8.95 Å². The molecule has 0 saturated carbocycles. The predicted octanol–water partition coefficient (Wildman–Crippen LogP) is 5.27. The normalized spacial score (nSPS) is 11.1. The van der Waals surface area contributed by atoms with E-state index in [1.807, 2.05) is 30.3 Å². The van der Waals surface area contributed by atoms with Gasteiger partial charge in [0.2, 0.25) is 0 Å². The molecule has 1 heterocycles. The number of H-pyrrole nitrogens is 1. The third kappa shape index (κ3) is 2.55. The Kier molecular flexibility index (Phi) is 3.60. The Morgan fingerprint density at radius 1 is 1.11 bits per heavy atom. The highest BCUT2D eigenvalue weighted by Crippen LogP contribution is 2.24. The van der Waals surface area contributed by atoms with Crippen LogP contribution in [0.15, 0.2) is 51.4 Å². The molecule has 1 N–H and O–H groups in total. The van der Waals surface area contributed by atoms with Crippen LogP contribution in [-0.4, -0.2) is 9.55 Å². The fourth-order valence-electron chi connectivity index (χ4n) is 2.08. The number of aromatic amines is 1. The smallest absolute Gasteiger partial charge is 0.178 e. The molecule has 0 aliphatic carbocycles. The molecule has 2 aromatic carbocycles. The van der Waals surface area contributed by atoms with Crippen LogP contribution in [0.4, 0.5) is 0 Å². The number of aromatic nitrogens is 2. The molecule has 0 bridgehead atoms. The lowest BCUT2D eigenvalue weighted by atomic mass is 10.2. The first kappa shape index (κ1) is 13.1. The van der Waals surface area contributed by atoms with Crippen LogP contribution in [0.1, 0.15) is 5.56 Å². The lowest BCUT2D eigenvalue weighted by Crippen LogP contribution is -2.00. The van der Waals surface area contributed by atoms with Gasteiger partial charge in [-0.25, -0.2) is 0 Å². The summed E-state index contributed by atoms with van der Waals surface area (Å²) in [5.74, 6) is 0. The molecule has 3 aromatic rings. The Bertz CT molecular complexity index is 805. The molecular formula is C14H10Br2N2S. The van der Waals surface area contributed by atoms with E-state index in [0.717, 1.165) is 31.3 Å². The molecule has 3 rings (SSSR count). The Hall–Kier alpha value is -0.910. The summed E-state index contributed by atoms with van der Waals surface area (Å²) in [6.45, 7) is 0.747. The van der Waals surface area contributed by atoms with Gasteiger partial charge in [-0.2, -0.15) is 0 Å². The van der Waals surface area contributed by atoms with Gasteiger partial charge in [0.25, 0.3) is 0 Å². The molecule has 96 valence electrons. The molecule has 5 heteroatoms. The fourth-order valence-corrected chi connectivity index (χ4v) is 3.53. The van der Waals surface area contributed by atoms with Crippen molar-refractivity contribution in [2.24, 2.45) is 0 Å². The molecule has 2 nitrogen and oxygen atoms in total. The van der Waals surface area contributed by atoms with Gasteiger partial charge in [0.15, 0.2) is 4.77 Å². The number of imidazole rings is 1. The van der Waals surface area contributed by atoms with Crippen LogP contribution in [0.3, 0.4) is 0 Å². The molecule has 0 atom stereocenters. The van der Waals surface area contributed by atoms with E-state index in [9.17, 15) is 0 Å². The number of halogens is 2. The van der Waals surface area contributed by atoms with Crippen LogP contribution in [0, 0.1) is 4.77 Å². The average molecular weight is 398 g/mol. The van der Waals surface area contributed by atoms with Gasteiger partial charge in [-0.1, -0.05) is 50.1 Å². The van der Waals surface area contributed by atoms with Crippen LogP contribution < -0.4 is 0 Å². The van der Waals surface area contributed by atoms with Gasteiger partial charge in [0.05, 0.1) is 17.6 Å². The van der Waals surface area contributed by atoms with Crippen molar-refractivity contribution < 1.29 is 0 Å². The molecule has 0 unspecified atom stereocenters. The van der Waals surface area contributed by atoms with E-state index < -0.39 is 0 Å². The monoisotopic (exact) mass is 396 g/mol. The van der Waals surface area contributed by atoms with E-state index in [-0.39, 0.29) is 0 Å². The Labute approximate surface area is 132 Å². The molecule has 1 aromatic heterocycles. The number of nitrogens with one attached hydrogen (secondary N) is 1. The van der Waals surface area contributed by atoms with Crippen molar-refractivity contribution in [1.82, 2.24) is 9.55 Å². The molecule has 0 spiro atoms. The second kappa shape index (κ2) is 5.23. The van der Waals surface area contributed by atoms with Crippen molar-refractivity contribution in [2.45, 2.75) is 6.54 Å². The van der Waals surface area contributed by atoms with Crippen molar-refractivity contribution in [3.63, 3.8) is 0 Å². The summed E-state index contributed by atoms with van der Waals surface area (Å²) in [7, 11) is 0. The molecule has 0 amide bonds. The maximum Gasteiger partial charge on any atom is 0.178 e. The van der Waals surface area contributed by atoms with Crippen LogP contribution in [-0.2, 0) is 6.54 Å². The fraction of sp³-hybridized carbons (Fsp3) is 0.0714. The zero-order chi connectivity index (χ0) is 13.4. The van der Waals surface area contributed by atoms with Crippen molar-refractivity contribution in [3.05, 3.63) is 61.7 Å². The Balaban J connectivity index is 2.10. The Morgan fingerprint density at radius 3 is 2.68 bits per heavy atom. The SMILES string of the molecule is S=c1[nH]c2ccccc2n1Cc1ccc(Br)cc1Br. The number of rotatable bonds is 2. The maximum atomic E-state index is 5.40. The molecule has 0 fully saturated rings. The summed E-state index contributed by atoms with van der Waals surface area (Å²) in [6.07, 6.45) is 0. The third-order valence-electron chi connectivity index (χ3n) is 3.03. The van der Waals surface area contributed by atoms with Gasteiger partial charge in [-0.05, 0) is 42.0 Å². The summed E-state index contributed by atoms with van der Waals surface area (Å²) in [5.41, 5.74) is 3.40. The maximum absolute atomic E-state index is 5.40. The minimum Gasteiger partial charge on any atom is -0.331 e. The summed E-state index contributed by atoms with van der Waals surface area (Å²) in [4.78, 5) is 3.23. The van der Waals surface area contributed by atoms with Crippen molar-refractivity contribution in [2.75, 3.05) is 0 Å². The van der Waals surface area contributed by atoms with Crippen LogP contribution >= 0.6 is 44.1 Å². The minimum absolute atomic E-state index is 0.746. The summed E-state index contributed by atoms with van der Waals surface area (Å²) in [6, 6.07) is 14.3. The van der Waals surface area contributed by atoms with Crippen molar-refractivity contribution in [1.29, 1.82) is 0 Å². The van der Waals surface area contributed by atoms with E-state index in [1.54, 1.807) is 0 Å². The number of para-hydroxylation sites is 2. The first-order valence-electron chi connectivity index (χ1n) is 5.76. The predicted molar refractivity (Wildman–Crippen MR) is 88.1 cm³/mol. The standard InChI is InChI=1S/C14H10Br2N2S/c15-10-6-5-9(11(16)7-10)8-18-13-4-2-1-3-12(13)17-14(18)19/h1-7H,8H2,(H,17,19). The first-order chi connectivity index (χ1) is 9.15. The lowest BCUT2D eigenvalue weighted by molar-refractivity contribution is 0.807. The lowest BCUT2D eigenvalue weighted by Gasteiger charge is -2.07. The van der Waals surface area contributed by atoms with Gasteiger partial charge in [-0.3, -0.25) is 0 Å². The molecular weight excluding hydrogens is 388 g/mol. The average Bonchev–Trinajstić information content (AvgIpc) is 2.69. The number of benzene rings is 2. The van der Waals surface area contributed by atoms with Gasteiger partial charge in [0.1, 0.15) is 0 Å². The third-order valence-corrected chi connectivity index (χ3v) is 4.58. The van der Waals surface area contributed by atoms with Crippen LogP contribution in [0.25, 0.3) is 11.0 Å². The van der Waals surface area contributed by atoms with E-state index in [1.165, 1.54) is 5.56 Å². The highest BCUT2D eigenvalue weighted by atomic mass is 79.9. The number of hydrogen-bond donors (Lipinski definition) is 1. The van der Waals surface area contributed by atoms with Crippen LogP contribution in [0.5, 0.6) is 0 Å². The van der Waals surface area contributed by atoms with E-state index in [4.69, 9.17) is 12.2 Å². The number of fused-ring (bicyclic) bond motifs is 1. The van der Waals surface area contributed by atoms with E-state index in [0.29, 0.717) is 0 Å². The Morgan fingerprint density at radius 2 is 1.89 bits per heavy atom. The quantitative estimate of drug-likeness (QED) is 0.584. The minimum atomic E-state index is 0.746. The second-order valence-corrected chi connectivity index (χ2v) is 6.43. The molecule has 0 aliphatic rings. The van der Waals surface area contributed by atoms with E-state index >= 15 is 0 Å². The largest absolute Gasteiger partial charge is 0.331 e. The van der Waals surface area contributed by atoms with Gasteiger partial charge in [-0.15, -0.1) is 0 Å². The first-order valence-corrected chi connectivity index (χ1v) is 7.76. The van der Waals surface area contributed by atoms with Crippen LogP contribution in [0.2, 0.25) is 0 Å². The molecule has 0 saturated heterocycles. The van der Waals surface area contributed by atoms with Crippen molar-refractivity contribution in [3.8, 4) is 0 Å². The van der Waals surface area contributed by atoms with Crippen molar-refractivity contribution >= 4 is 55.1 Å². The van der Waals surface area contributed by atoms with Gasteiger partial charge >= 0.3 is 0 Å². The summed E-state index contributed by atoms with van der Waals surface area (Å²) < 4.78 is 4.99. The zero-order valence-corrected chi connectivity index (χ0v) is 13.8. The highest BCUT2D eigenvalue weighted by Gasteiger charge is 2.07. The van der Waals surface area contributed by atoms with Gasteiger partial charge < -0.3 is 9.55 Å². The molecule has 0 aliphatic heterocycles. The molecule has 0 radical (unpaired) electrons. The summed E-state index contributed by atoms with van der Waals surface area (Å²) in [5, 5.41) is 0. The summed E-state index contributed by atoms with van der Waals surface area (Å²) >= 11 is 12.5. The molecule has 19 heavy (non-hydrogen) atoms.